The maximum absolute atomic E-state index is 10.6. The largest absolute Gasteiger partial charge is 0.497 e. The Bertz CT molecular complexity index is 651. The van der Waals surface area contributed by atoms with Crippen molar-refractivity contribution in [2.45, 2.75) is 44.4 Å². The summed E-state index contributed by atoms with van der Waals surface area (Å²) in [5, 5.41) is 18.6. The van der Waals surface area contributed by atoms with Crippen LogP contribution in [0.15, 0.2) is 30.5 Å². The van der Waals surface area contributed by atoms with Crippen LogP contribution in [-0.2, 0) is 13.5 Å². The molecule has 5 heteroatoms. The van der Waals surface area contributed by atoms with E-state index in [1.54, 1.807) is 7.11 Å². The van der Waals surface area contributed by atoms with Gasteiger partial charge in [0, 0.05) is 30.4 Å². The van der Waals surface area contributed by atoms with E-state index >= 15 is 0 Å². The Kier molecular flexibility index (Phi) is 4.68. The van der Waals surface area contributed by atoms with Gasteiger partial charge in [0.2, 0.25) is 0 Å². The maximum Gasteiger partial charge on any atom is 0.118 e. The number of ether oxygens (including phenoxy) is 1. The summed E-state index contributed by atoms with van der Waals surface area (Å²) < 4.78 is 7.13. The average molecular weight is 315 g/mol. The molecule has 1 heterocycles. The summed E-state index contributed by atoms with van der Waals surface area (Å²) in [7, 11) is 3.64. The summed E-state index contributed by atoms with van der Waals surface area (Å²) >= 11 is 0. The van der Waals surface area contributed by atoms with Gasteiger partial charge in [0.25, 0.3) is 0 Å². The second-order valence-electron chi connectivity index (χ2n) is 6.29. The van der Waals surface area contributed by atoms with Crippen molar-refractivity contribution in [3.05, 3.63) is 47.3 Å². The Morgan fingerprint density at radius 2 is 2.09 bits per heavy atom. The molecule has 1 aromatic heterocycles. The van der Waals surface area contributed by atoms with Gasteiger partial charge < -0.3 is 15.2 Å². The van der Waals surface area contributed by atoms with Crippen molar-refractivity contribution in [3.8, 4) is 5.75 Å². The molecule has 0 saturated heterocycles. The van der Waals surface area contributed by atoms with Gasteiger partial charge in [-0.05, 0) is 43.9 Å². The van der Waals surface area contributed by atoms with Crippen LogP contribution in [-0.4, -0.2) is 28.0 Å². The normalized spacial score (nSPS) is 19.9. The third kappa shape index (κ3) is 3.26. The van der Waals surface area contributed by atoms with Crippen LogP contribution in [0.5, 0.6) is 5.75 Å². The van der Waals surface area contributed by atoms with Crippen molar-refractivity contribution >= 4 is 0 Å². The number of aliphatic hydroxyl groups is 1. The molecule has 124 valence electrons. The molecule has 0 saturated carbocycles. The zero-order chi connectivity index (χ0) is 16.4. The van der Waals surface area contributed by atoms with Crippen molar-refractivity contribution < 1.29 is 9.84 Å². The van der Waals surface area contributed by atoms with E-state index in [4.69, 9.17) is 4.74 Å². The van der Waals surface area contributed by atoms with Crippen LogP contribution in [0.2, 0.25) is 0 Å². The van der Waals surface area contributed by atoms with Gasteiger partial charge in [-0.25, -0.2) is 0 Å². The lowest BCUT2D eigenvalue weighted by atomic mass is 9.91. The molecule has 1 aliphatic rings. The lowest BCUT2D eigenvalue weighted by molar-refractivity contribution is 0.127. The summed E-state index contributed by atoms with van der Waals surface area (Å²) in [4.78, 5) is 0. The van der Waals surface area contributed by atoms with Crippen LogP contribution >= 0.6 is 0 Å². The lowest BCUT2D eigenvalue weighted by Gasteiger charge is -2.29. The molecule has 23 heavy (non-hydrogen) atoms. The SMILES string of the molecule is COc1ccc(C(O)C(C)NC2CCCc3c2cnn3C)cc1. The second kappa shape index (κ2) is 6.72. The van der Waals surface area contributed by atoms with Gasteiger partial charge in [-0.1, -0.05) is 12.1 Å². The summed E-state index contributed by atoms with van der Waals surface area (Å²) in [6.45, 7) is 2.03. The van der Waals surface area contributed by atoms with Crippen LogP contribution in [0, 0.1) is 0 Å². The van der Waals surface area contributed by atoms with Gasteiger partial charge in [-0.3, -0.25) is 4.68 Å². The van der Waals surface area contributed by atoms with E-state index in [1.165, 1.54) is 11.3 Å². The molecular weight excluding hydrogens is 290 g/mol. The monoisotopic (exact) mass is 315 g/mol. The number of methoxy groups -OCH3 is 1. The van der Waals surface area contributed by atoms with Gasteiger partial charge in [-0.15, -0.1) is 0 Å². The number of hydrogen-bond donors (Lipinski definition) is 2. The van der Waals surface area contributed by atoms with Crippen LogP contribution < -0.4 is 10.1 Å². The van der Waals surface area contributed by atoms with E-state index in [0.29, 0.717) is 0 Å². The molecule has 0 amide bonds. The minimum Gasteiger partial charge on any atom is -0.497 e. The second-order valence-corrected chi connectivity index (χ2v) is 6.29. The molecule has 1 aliphatic carbocycles. The first-order valence-electron chi connectivity index (χ1n) is 8.19. The fraction of sp³-hybridized carbons (Fsp3) is 0.500. The molecule has 3 unspecified atom stereocenters. The van der Waals surface area contributed by atoms with Crippen molar-refractivity contribution in [3.63, 3.8) is 0 Å². The zero-order valence-corrected chi connectivity index (χ0v) is 14.0. The molecule has 0 bridgehead atoms. The highest BCUT2D eigenvalue weighted by Crippen LogP contribution is 2.31. The maximum atomic E-state index is 10.6. The Balaban J connectivity index is 1.70. The number of benzene rings is 1. The average Bonchev–Trinajstić information content (AvgIpc) is 2.97. The Hall–Kier alpha value is -1.85. The number of nitrogens with one attached hydrogen (secondary N) is 1. The standard InChI is InChI=1S/C18H25N3O2/c1-12(18(22)13-7-9-14(23-3)10-8-13)20-16-5-4-6-17-15(16)11-19-21(17)2/h7-12,16,18,20,22H,4-6H2,1-3H3. The molecule has 0 aliphatic heterocycles. The third-order valence-electron chi connectivity index (χ3n) is 4.77. The first kappa shape index (κ1) is 16.0. The number of aliphatic hydroxyl groups excluding tert-OH is 1. The fourth-order valence-corrected chi connectivity index (χ4v) is 3.38. The third-order valence-corrected chi connectivity index (χ3v) is 4.77. The molecule has 5 nitrogen and oxygen atoms in total. The number of nitrogens with zero attached hydrogens (tertiary/aromatic N) is 2. The molecule has 2 N–H and O–H groups in total. The smallest absolute Gasteiger partial charge is 0.118 e. The topological polar surface area (TPSA) is 59.3 Å². The van der Waals surface area contributed by atoms with Crippen molar-refractivity contribution in [2.75, 3.05) is 7.11 Å². The summed E-state index contributed by atoms with van der Waals surface area (Å²) in [5.41, 5.74) is 3.47. The number of aromatic nitrogens is 2. The van der Waals surface area contributed by atoms with E-state index in [9.17, 15) is 5.11 Å². The molecule has 2 aromatic rings. The van der Waals surface area contributed by atoms with Crippen LogP contribution in [0.25, 0.3) is 0 Å². The molecule has 3 rings (SSSR count). The molecule has 0 radical (unpaired) electrons. The van der Waals surface area contributed by atoms with Gasteiger partial charge in [0.15, 0.2) is 0 Å². The minimum atomic E-state index is -0.553. The lowest BCUT2D eigenvalue weighted by Crippen LogP contribution is -2.36. The first-order chi connectivity index (χ1) is 11.1. The van der Waals surface area contributed by atoms with E-state index in [1.807, 2.05) is 49.1 Å². The molecule has 1 aromatic carbocycles. The van der Waals surface area contributed by atoms with Crippen molar-refractivity contribution in [1.82, 2.24) is 15.1 Å². The van der Waals surface area contributed by atoms with Gasteiger partial charge in [0.1, 0.15) is 5.75 Å². The predicted molar refractivity (Wildman–Crippen MR) is 89.4 cm³/mol. The number of aryl methyl sites for hydroxylation is 1. The van der Waals surface area contributed by atoms with Crippen molar-refractivity contribution in [2.24, 2.45) is 7.05 Å². The Morgan fingerprint density at radius 1 is 1.35 bits per heavy atom. The van der Waals surface area contributed by atoms with Crippen molar-refractivity contribution in [1.29, 1.82) is 0 Å². The number of fused-ring (bicyclic) bond motifs is 1. The highest BCUT2D eigenvalue weighted by atomic mass is 16.5. The fourth-order valence-electron chi connectivity index (χ4n) is 3.38. The minimum absolute atomic E-state index is 0.0421. The summed E-state index contributed by atoms with van der Waals surface area (Å²) in [5.74, 6) is 0.800. The van der Waals surface area contributed by atoms with E-state index < -0.39 is 6.10 Å². The molecule has 0 spiro atoms. The summed E-state index contributed by atoms with van der Waals surface area (Å²) in [6, 6.07) is 7.81. The van der Waals surface area contributed by atoms with Crippen LogP contribution in [0.4, 0.5) is 0 Å². The predicted octanol–water partition coefficient (Wildman–Crippen LogP) is 2.52. The molecular formula is C18H25N3O2. The highest BCUT2D eigenvalue weighted by Gasteiger charge is 2.26. The van der Waals surface area contributed by atoms with E-state index in [-0.39, 0.29) is 12.1 Å². The number of rotatable bonds is 5. The van der Waals surface area contributed by atoms with E-state index in [0.717, 1.165) is 30.6 Å². The summed E-state index contributed by atoms with van der Waals surface area (Å²) in [6.07, 6.45) is 4.72. The molecule has 3 atom stereocenters. The van der Waals surface area contributed by atoms with Gasteiger partial charge >= 0.3 is 0 Å². The first-order valence-corrected chi connectivity index (χ1v) is 8.19. The Morgan fingerprint density at radius 3 is 2.78 bits per heavy atom. The van der Waals surface area contributed by atoms with Crippen LogP contribution in [0.3, 0.4) is 0 Å². The quantitative estimate of drug-likeness (QED) is 0.890. The zero-order valence-electron chi connectivity index (χ0n) is 14.0. The Labute approximate surface area is 137 Å². The van der Waals surface area contributed by atoms with Gasteiger partial charge in [0.05, 0.1) is 19.4 Å². The van der Waals surface area contributed by atoms with Crippen LogP contribution in [0.1, 0.15) is 48.7 Å². The van der Waals surface area contributed by atoms with Gasteiger partial charge in [-0.2, -0.15) is 5.10 Å². The highest BCUT2D eigenvalue weighted by molar-refractivity contribution is 5.29. The number of hydrogen-bond acceptors (Lipinski definition) is 4. The molecule has 0 fully saturated rings. The van der Waals surface area contributed by atoms with E-state index in [2.05, 4.69) is 10.4 Å².